The Morgan fingerprint density at radius 2 is 2.10 bits per heavy atom. The molecule has 124 valence electrons. The number of hydrogen-bond acceptors (Lipinski definition) is 5. The molecular formula is C13H25ClN2O3S2. The van der Waals surface area contributed by atoms with Gasteiger partial charge in [0.1, 0.15) is 9.84 Å². The highest BCUT2D eigenvalue weighted by Gasteiger charge is 2.37. The van der Waals surface area contributed by atoms with E-state index < -0.39 is 9.84 Å². The second-order valence-corrected chi connectivity index (χ2v) is 9.24. The normalized spacial score (nSPS) is 24.0. The monoisotopic (exact) mass is 356 g/mol. The van der Waals surface area contributed by atoms with Gasteiger partial charge in [-0.3, -0.25) is 4.79 Å². The number of thioether (sulfide) groups is 1. The van der Waals surface area contributed by atoms with Crippen LogP contribution in [0.15, 0.2) is 0 Å². The number of amides is 1. The summed E-state index contributed by atoms with van der Waals surface area (Å²) >= 11 is 1.87. The maximum absolute atomic E-state index is 12.5. The van der Waals surface area contributed by atoms with Gasteiger partial charge < -0.3 is 10.2 Å². The first-order valence-electron chi connectivity index (χ1n) is 7.17. The van der Waals surface area contributed by atoms with Crippen LogP contribution in [-0.4, -0.2) is 67.4 Å². The third-order valence-electron chi connectivity index (χ3n) is 3.67. The van der Waals surface area contributed by atoms with Crippen molar-refractivity contribution in [3.05, 3.63) is 0 Å². The summed E-state index contributed by atoms with van der Waals surface area (Å²) in [5, 5.41) is 3.36. The number of nitrogens with one attached hydrogen (secondary N) is 1. The minimum Gasteiger partial charge on any atom is -0.336 e. The third kappa shape index (κ3) is 6.34. The van der Waals surface area contributed by atoms with Gasteiger partial charge in [-0.15, -0.1) is 12.4 Å². The average Bonchev–Trinajstić information content (AvgIpc) is 3.12. The fraction of sp³-hybridized carbons (Fsp3) is 0.923. The van der Waals surface area contributed by atoms with E-state index in [1.165, 1.54) is 6.26 Å². The van der Waals surface area contributed by atoms with Gasteiger partial charge in [-0.2, -0.15) is 11.8 Å². The molecule has 2 aliphatic rings. The highest BCUT2D eigenvalue weighted by Crippen LogP contribution is 2.30. The number of sulfone groups is 1. The van der Waals surface area contributed by atoms with Gasteiger partial charge in [0.05, 0.1) is 5.75 Å². The van der Waals surface area contributed by atoms with Crippen LogP contribution in [0.2, 0.25) is 0 Å². The van der Waals surface area contributed by atoms with Crippen LogP contribution in [0, 0.1) is 0 Å². The quantitative estimate of drug-likeness (QED) is 0.766. The van der Waals surface area contributed by atoms with Crippen molar-refractivity contribution in [2.24, 2.45) is 0 Å². The molecule has 2 unspecified atom stereocenters. The zero-order valence-electron chi connectivity index (χ0n) is 12.6. The van der Waals surface area contributed by atoms with Crippen molar-refractivity contribution in [3.8, 4) is 0 Å². The minimum absolute atomic E-state index is 0. The molecule has 1 saturated heterocycles. The molecule has 2 fully saturated rings. The van der Waals surface area contributed by atoms with Crippen molar-refractivity contribution in [1.29, 1.82) is 0 Å². The molecule has 1 aliphatic heterocycles. The van der Waals surface area contributed by atoms with Crippen LogP contribution in [0.3, 0.4) is 0 Å². The predicted molar refractivity (Wildman–Crippen MR) is 90.0 cm³/mol. The Labute approximate surface area is 137 Å². The van der Waals surface area contributed by atoms with Crippen LogP contribution in [-0.2, 0) is 14.6 Å². The second-order valence-electron chi connectivity index (χ2n) is 5.90. The van der Waals surface area contributed by atoms with E-state index in [1.807, 2.05) is 23.6 Å². The van der Waals surface area contributed by atoms with E-state index in [1.54, 1.807) is 0 Å². The molecule has 2 rings (SSSR count). The minimum atomic E-state index is -3.05. The smallest absolute Gasteiger partial charge is 0.224 e. The zero-order valence-corrected chi connectivity index (χ0v) is 15.0. The largest absolute Gasteiger partial charge is 0.336 e. The molecule has 1 aliphatic carbocycles. The summed E-state index contributed by atoms with van der Waals surface area (Å²) in [6.45, 7) is 2.80. The lowest BCUT2D eigenvalue weighted by atomic mass is 10.2. The van der Waals surface area contributed by atoms with E-state index in [2.05, 4.69) is 5.32 Å². The number of hydrogen-bond donors (Lipinski definition) is 1. The summed E-state index contributed by atoms with van der Waals surface area (Å²) in [5.74, 6) is 2.22. The van der Waals surface area contributed by atoms with Gasteiger partial charge in [0.2, 0.25) is 5.91 Å². The topological polar surface area (TPSA) is 66.5 Å². The van der Waals surface area contributed by atoms with Crippen molar-refractivity contribution in [2.45, 2.75) is 44.3 Å². The maximum atomic E-state index is 12.5. The van der Waals surface area contributed by atoms with Gasteiger partial charge >= 0.3 is 0 Å². The number of carbonyl (C=O) groups excluding carboxylic acids is 1. The Morgan fingerprint density at radius 3 is 2.57 bits per heavy atom. The van der Waals surface area contributed by atoms with Crippen molar-refractivity contribution >= 4 is 39.9 Å². The summed E-state index contributed by atoms with van der Waals surface area (Å²) < 4.78 is 22.9. The summed E-state index contributed by atoms with van der Waals surface area (Å²) in [4.78, 5) is 14.3. The number of rotatable bonds is 6. The maximum Gasteiger partial charge on any atom is 0.224 e. The van der Waals surface area contributed by atoms with Crippen LogP contribution in [0.1, 0.15) is 26.2 Å². The first-order chi connectivity index (χ1) is 9.37. The van der Waals surface area contributed by atoms with E-state index in [0.717, 1.165) is 30.9 Å². The molecular weight excluding hydrogens is 332 g/mol. The SMILES string of the molecule is CC(CS(C)(=O)=O)N(C(=O)CC1CSCCN1)C1CC1.Cl. The molecule has 1 amide bonds. The van der Waals surface area contributed by atoms with Crippen LogP contribution < -0.4 is 5.32 Å². The molecule has 1 N–H and O–H groups in total. The van der Waals surface area contributed by atoms with Gasteiger partial charge in [0.15, 0.2) is 0 Å². The second kappa shape index (κ2) is 8.04. The lowest BCUT2D eigenvalue weighted by molar-refractivity contribution is -0.133. The Hall–Kier alpha value is 0.0200. The molecule has 0 aromatic carbocycles. The highest BCUT2D eigenvalue weighted by molar-refractivity contribution is 7.99. The van der Waals surface area contributed by atoms with Gasteiger partial charge in [-0.05, 0) is 19.8 Å². The fourth-order valence-electron chi connectivity index (χ4n) is 2.75. The third-order valence-corrected chi connectivity index (χ3v) is 5.89. The van der Waals surface area contributed by atoms with E-state index >= 15 is 0 Å². The highest BCUT2D eigenvalue weighted by atomic mass is 35.5. The summed E-state index contributed by atoms with van der Waals surface area (Å²) in [6, 6.07) is 0.268. The van der Waals surface area contributed by atoms with Crippen LogP contribution in [0.4, 0.5) is 0 Å². The first kappa shape index (κ1) is 19.1. The molecule has 0 radical (unpaired) electrons. The zero-order chi connectivity index (χ0) is 14.8. The molecule has 8 heteroatoms. The van der Waals surface area contributed by atoms with E-state index in [-0.39, 0.29) is 42.2 Å². The van der Waals surface area contributed by atoms with Crippen molar-refractivity contribution in [1.82, 2.24) is 10.2 Å². The van der Waals surface area contributed by atoms with Crippen molar-refractivity contribution < 1.29 is 13.2 Å². The summed E-state index contributed by atoms with van der Waals surface area (Å²) in [6.07, 6.45) is 3.73. The Bertz CT molecular complexity index is 448. The summed E-state index contributed by atoms with van der Waals surface area (Å²) in [5.41, 5.74) is 0. The Balaban J connectivity index is 0.00000220. The van der Waals surface area contributed by atoms with E-state index in [9.17, 15) is 13.2 Å². The number of carbonyl (C=O) groups is 1. The molecule has 0 aromatic heterocycles. The fourth-order valence-corrected chi connectivity index (χ4v) is 4.73. The predicted octanol–water partition coefficient (Wildman–Crippen LogP) is 0.927. The lowest BCUT2D eigenvalue weighted by Crippen LogP contribution is -2.47. The Kier molecular flexibility index (Phi) is 7.30. The molecule has 0 spiro atoms. The van der Waals surface area contributed by atoms with Crippen LogP contribution in [0.25, 0.3) is 0 Å². The van der Waals surface area contributed by atoms with E-state index in [0.29, 0.717) is 6.42 Å². The molecule has 2 atom stereocenters. The number of halogens is 1. The van der Waals surface area contributed by atoms with Crippen molar-refractivity contribution in [3.63, 3.8) is 0 Å². The Morgan fingerprint density at radius 1 is 1.43 bits per heavy atom. The van der Waals surface area contributed by atoms with Gasteiger partial charge in [0, 0.05) is 48.9 Å². The molecule has 21 heavy (non-hydrogen) atoms. The first-order valence-corrected chi connectivity index (χ1v) is 10.4. The van der Waals surface area contributed by atoms with E-state index in [4.69, 9.17) is 0 Å². The van der Waals surface area contributed by atoms with Crippen LogP contribution >= 0.6 is 24.2 Å². The van der Waals surface area contributed by atoms with Gasteiger partial charge in [-0.25, -0.2) is 8.42 Å². The molecule has 0 aromatic rings. The molecule has 1 saturated carbocycles. The van der Waals surface area contributed by atoms with Crippen LogP contribution in [0.5, 0.6) is 0 Å². The molecule has 5 nitrogen and oxygen atoms in total. The average molecular weight is 357 g/mol. The van der Waals surface area contributed by atoms with Gasteiger partial charge in [-0.1, -0.05) is 0 Å². The molecule has 1 heterocycles. The lowest BCUT2D eigenvalue weighted by Gasteiger charge is -2.31. The number of nitrogens with zero attached hydrogens (tertiary/aromatic N) is 1. The standard InChI is InChI=1S/C13H24N2O3S2.ClH/c1-10(9-20(2,17)18)15(12-3-4-12)13(16)7-11-8-19-6-5-14-11;/h10-12,14H,3-9H2,1-2H3;1H. The summed E-state index contributed by atoms with van der Waals surface area (Å²) in [7, 11) is -3.05. The van der Waals surface area contributed by atoms with Crippen molar-refractivity contribution in [2.75, 3.05) is 30.1 Å². The van der Waals surface area contributed by atoms with Gasteiger partial charge in [0.25, 0.3) is 0 Å². The molecule has 0 bridgehead atoms.